The zero-order valence-corrected chi connectivity index (χ0v) is 24.9. The van der Waals surface area contributed by atoms with Gasteiger partial charge in [-0.2, -0.15) is 0 Å². The largest absolute Gasteiger partial charge is 0.573 e. The summed E-state index contributed by atoms with van der Waals surface area (Å²) in [5, 5.41) is 18.8. The molecule has 2 heterocycles. The van der Waals surface area contributed by atoms with Crippen LogP contribution < -0.4 is 15.0 Å². The SMILES string of the molecule is C/C(=C\c1ccc(-c2ncn(-c3ccc(OC(F)(F)F)cc3)n2)cc1)NC(O)/N=C1\SCCN1c1ccc(F)cc1C(C)C. The van der Waals surface area contributed by atoms with E-state index in [2.05, 4.69) is 25.1 Å². The van der Waals surface area contributed by atoms with E-state index in [1.165, 1.54) is 53.1 Å². The summed E-state index contributed by atoms with van der Waals surface area (Å²) in [6.45, 7) is 6.56. The first-order valence-electron chi connectivity index (χ1n) is 13.7. The molecule has 0 saturated carbocycles. The maximum atomic E-state index is 13.9. The second-order valence-electron chi connectivity index (χ2n) is 10.3. The lowest BCUT2D eigenvalue weighted by Crippen LogP contribution is -2.31. The van der Waals surface area contributed by atoms with Gasteiger partial charge in [-0.3, -0.25) is 0 Å². The number of rotatable bonds is 9. The highest BCUT2D eigenvalue weighted by atomic mass is 32.2. The molecule has 13 heteroatoms. The van der Waals surface area contributed by atoms with Crippen LogP contribution in [-0.4, -0.2) is 50.1 Å². The lowest BCUT2D eigenvalue weighted by molar-refractivity contribution is -0.274. The van der Waals surface area contributed by atoms with Crippen LogP contribution >= 0.6 is 11.8 Å². The van der Waals surface area contributed by atoms with Crippen molar-refractivity contribution >= 4 is 28.7 Å². The molecular formula is C31H30F4N6O2S. The Hall–Kier alpha value is -4.36. The fourth-order valence-corrected chi connectivity index (χ4v) is 5.62. The first-order chi connectivity index (χ1) is 20.9. The van der Waals surface area contributed by atoms with Gasteiger partial charge in [0.2, 0.25) is 6.35 Å². The number of nitrogens with zero attached hydrogens (tertiary/aromatic N) is 5. The zero-order chi connectivity index (χ0) is 31.4. The van der Waals surface area contributed by atoms with Gasteiger partial charge in [0.25, 0.3) is 0 Å². The summed E-state index contributed by atoms with van der Waals surface area (Å²) in [6, 6.07) is 17.5. The zero-order valence-electron chi connectivity index (χ0n) is 24.1. The molecule has 0 aliphatic carbocycles. The van der Waals surface area contributed by atoms with Gasteiger partial charge in [0, 0.05) is 29.2 Å². The summed E-state index contributed by atoms with van der Waals surface area (Å²) in [7, 11) is 0. The molecule has 44 heavy (non-hydrogen) atoms. The molecule has 0 bridgehead atoms. The number of alkyl halides is 3. The molecule has 0 amide bonds. The van der Waals surface area contributed by atoms with E-state index in [-0.39, 0.29) is 17.5 Å². The molecule has 2 N–H and O–H groups in total. The molecule has 5 rings (SSSR count). The van der Waals surface area contributed by atoms with Crippen LogP contribution in [0.25, 0.3) is 23.2 Å². The average molecular weight is 627 g/mol. The van der Waals surface area contributed by atoms with Gasteiger partial charge in [-0.1, -0.05) is 49.9 Å². The van der Waals surface area contributed by atoms with Crippen molar-refractivity contribution in [2.24, 2.45) is 4.99 Å². The Bertz CT molecular complexity index is 1650. The van der Waals surface area contributed by atoms with Crippen LogP contribution in [0.2, 0.25) is 0 Å². The molecule has 1 aliphatic heterocycles. The maximum Gasteiger partial charge on any atom is 0.573 e. The Kier molecular flexibility index (Phi) is 9.25. The van der Waals surface area contributed by atoms with Crippen molar-refractivity contribution in [3.63, 3.8) is 0 Å². The number of aliphatic hydroxyl groups excluding tert-OH is 1. The van der Waals surface area contributed by atoms with E-state index in [9.17, 15) is 22.7 Å². The minimum absolute atomic E-state index is 0.126. The molecule has 1 fully saturated rings. The number of aromatic nitrogens is 3. The summed E-state index contributed by atoms with van der Waals surface area (Å²) in [4.78, 5) is 10.8. The molecule has 1 aliphatic rings. The third-order valence-corrected chi connectivity index (χ3v) is 7.62. The maximum absolute atomic E-state index is 13.9. The molecule has 3 aromatic carbocycles. The molecule has 1 atom stereocenters. The van der Waals surface area contributed by atoms with Gasteiger partial charge in [0.15, 0.2) is 11.0 Å². The molecule has 1 aromatic heterocycles. The second-order valence-corrected chi connectivity index (χ2v) is 11.4. The summed E-state index contributed by atoms with van der Waals surface area (Å²) >= 11 is 1.53. The Balaban J connectivity index is 1.22. The van der Waals surface area contributed by atoms with E-state index in [1.807, 2.05) is 56.0 Å². The molecule has 8 nitrogen and oxygen atoms in total. The predicted octanol–water partition coefficient (Wildman–Crippen LogP) is 6.93. The predicted molar refractivity (Wildman–Crippen MR) is 164 cm³/mol. The van der Waals surface area contributed by atoms with Crippen LogP contribution in [0.4, 0.5) is 23.2 Å². The van der Waals surface area contributed by atoms with Crippen molar-refractivity contribution < 1.29 is 27.4 Å². The molecule has 0 radical (unpaired) electrons. The van der Waals surface area contributed by atoms with Gasteiger partial charge < -0.3 is 20.1 Å². The number of anilines is 1. The monoisotopic (exact) mass is 626 g/mol. The Labute approximate surface area is 256 Å². The van der Waals surface area contributed by atoms with E-state index in [0.29, 0.717) is 28.9 Å². The number of aliphatic hydroxyl groups is 1. The van der Waals surface area contributed by atoms with Gasteiger partial charge in [0.1, 0.15) is 17.9 Å². The Morgan fingerprint density at radius 2 is 1.82 bits per heavy atom. The minimum atomic E-state index is -4.76. The van der Waals surface area contributed by atoms with E-state index in [0.717, 1.165) is 28.1 Å². The molecule has 1 saturated heterocycles. The van der Waals surface area contributed by atoms with Gasteiger partial charge in [0.05, 0.1) is 5.69 Å². The minimum Gasteiger partial charge on any atom is -0.406 e. The number of nitrogens with one attached hydrogen (secondary N) is 1. The summed E-state index contributed by atoms with van der Waals surface area (Å²) in [6.07, 6.45) is -2.60. The fraction of sp³-hybridized carbons (Fsp3) is 0.258. The molecule has 4 aromatic rings. The summed E-state index contributed by atoms with van der Waals surface area (Å²) in [5.41, 5.74) is 4.60. The van der Waals surface area contributed by atoms with Gasteiger partial charge in [-0.05, 0) is 72.5 Å². The highest BCUT2D eigenvalue weighted by Gasteiger charge is 2.31. The van der Waals surface area contributed by atoms with E-state index in [1.54, 1.807) is 12.1 Å². The van der Waals surface area contributed by atoms with Gasteiger partial charge in [-0.25, -0.2) is 19.0 Å². The van der Waals surface area contributed by atoms with Gasteiger partial charge in [-0.15, -0.1) is 18.3 Å². The number of thioether (sulfide) groups is 1. The average Bonchev–Trinajstić information content (AvgIpc) is 3.63. The number of benzene rings is 3. The van der Waals surface area contributed by atoms with E-state index >= 15 is 0 Å². The molecule has 0 spiro atoms. The second kappa shape index (κ2) is 13.1. The highest BCUT2D eigenvalue weighted by molar-refractivity contribution is 8.14. The lowest BCUT2D eigenvalue weighted by atomic mass is 10.0. The molecular weight excluding hydrogens is 596 g/mol. The number of ether oxygens (including phenoxy) is 1. The quantitative estimate of drug-likeness (QED) is 0.154. The van der Waals surface area contributed by atoms with Crippen molar-refractivity contribution in [2.45, 2.75) is 39.4 Å². The van der Waals surface area contributed by atoms with Crippen LogP contribution in [0.5, 0.6) is 5.75 Å². The summed E-state index contributed by atoms with van der Waals surface area (Å²) in [5.74, 6) is 0.771. The molecule has 230 valence electrons. The third-order valence-electron chi connectivity index (χ3n) is 6.65. The lowest BCUT2D eigenvalue weighted by Gasteiger charge is -2.24. The number of hydrogen-bond donors (Lipinski definition) is 2. The van der Waals surface area contributed by atoms with Crippen LogP contribution in [0, 0.1) is 5.82 Å². The van der Waals surface area contributed by atoms with E-state index < -0.39 is 12.7 Å². The first-order valence-corrected chi connectivity index (χ1v) is 14.7. The van der Waals surface area contributed by atoms with Crippen LogP contribution in [0.15, 0.2) is 83.7 Å². The normalized spacial score (nSPS) is 15.7. The number of hydrogen-bond acceptors (Lipinski definition) is 7. The topological polar surface area (TPSA) is 87.8 Å². The Morgan fingerprint density at radius 3 is 2.50 bits per heavy atom. The smallest absolute Gasteiger partial charge is 0.406 e. The number of halogens is 4. The van der Waals surface area contributed by atoms with Crippen molar-refractivity contribution in [1.29, 1.82) is 0 Å². The Morgan fingerprint density at radius 1 is 1.09 bits per heavy atom. The number of allylic oxidation sites excluding steroid dienone is 1. The standard InChI is InChI=1S/C31H30F4N6O2S/c1-19(2)26-17-23(32)8-13-27(26)40-14-15-44-30(40)38-29(42)37-20(3)16-21-4-6-22(7-5-21)28-36-18-41(39-28)24-9-11-25(12-10-24)43-31(33,34)35/h4-13,16-19,29,37,42H,14-15H2,1-3H3/b20-16+,38-30-. The van der Waals surface area contributed by atoms with Crippen molar-refractivity contribution in [3.8, 4) is 22.8 Å². The van der Waals surface area contributed by atoms with Gasteiger partial charge >= 0.3 is 6.36 Å². The first kappa shape index (κ1) is 31.1. The van der Waals surface area contributed by atoms with Crippen LogP contribution in [0.3, 0.4) is 0 Å². The third kappa shape index (κ3) is 7.77. The van der Waals surface area contributed by atoms with Crippen LogP contribution in [-0.2, 0) is 0 Å². The van der Waals surface area contributed by atoms with Crippen molar-refractivity contribution in [3.05, 3.63) is 95.7 Å². The van der Waals surface area contributed by atoms with Crippen molar-refractivity contribution in [2.75, 3.05) is 17.2 Å². The fourth-order valence-electron chi connectivity index (χ4n) is 4.65. The molecule has 1 unspecified atom stereocenters. The van der Waals surface area contributed by atoms with Crippen molar-refractivity contribution in [1.82, 2.24) is 20.1 Å². The number of aliphatic imine (C=N–C) groups is 1. The van der Waals surface area contributed by atoms with Crippen LogP contribution in [0.1, 0.15) is 37.8 Å². The van der Waals surface area contributed by atoms with E-state index in [4.69, 9.17) is 0 Å². The highest BCUT2D eigenvalue weighted by Crippen LogP contribution is 2.33. The summed E-state index contributed by atoms with van der Waals surface area (Å²) < 4.78 is 56.5. The number of amidine groups is 1.